The molecule has 0 spiro atoms. The van der Waals surface area contributed by atoms with E-state index in [4.69, 9.17) is 0 Å². The van der Waals surface area contributed by atoms with Gasteiger partial charge in [-0.25, -0.2) is 0 Å². The molecule has 1 N–H and O–H groups in total. The van der Waals surface area contributed by atoms with Crippen LogP contribution >= 0.6 is 11.8 Å². The van der Waals surface area contributed by atoms with Gasteiger partial charge in [-0.05, 0) is 24.7 Å². The number of nitrogens with zero attached hydrogens (tertiary/aromatic N) is 1. The Morgan fingerprint density at radius 1 is 1.38 bits per heavy atom. The molecule has 1 atom stereocenters. The molecule has 3 nitrogen and oxygen atoms in total. The van der Waals surface area contributed by atoms with Crippen molar-refractivity contribution in [1.29, 1.82) is 5.26 Å². The molecule has 1 aromatic carbocycles. The molecule has 2 rings (SSSR count). The smallest absolute Gasteiger partial charge is 0.225 e. The van der Waals surface area contributed by atoms with Crippen LogP contribution in [0.3, 0.4) is 0 Å². The van der Waals surface area contributed by atoms with E-state index in [0.29, 0.717) is 12.0 Å². The molecule has 0 saturated heterocycles. The molecular weight excluding hydrogens is 280 g/mol. The van der Waals surface area contributed by atoms with Crippen molar-refractivity contribution in [1.82, 2.24) is 5.32 Å². The predicted molar refractivity (Wildman–Crippen MR) is 86.7 cm³/mol. The number of nitriles is 1. The Balaban J connectivity index is 2.30. The first kappa shape index (κ1) is 15.7. The van der Waals surface area contributed by atoms with Crippen molar-refractivity contribution in [3.63, 3.8) is 0 Å². The number of rotatable bonds is 5. The third-order valence-corrected chi connectivity index (χ3v) is 4.68. The van der Waals surface area contributed by atoms with E-state index in [2.05, 4.69) is 18.3 Å². The Labute approximate surface area is 130 Å². The van der Waals surface area contributed by atoms with Gasteiger partial charge in [0.15, 0.2) is 0 Å². The number of carbonyl (C=O) groups is 1. The maximum atomic E-state index is 12.0. The molecule has 0 saturated carbocycles. The average Bonchev–Trinajstić information content (AvgIpc) is 2.48. The van der Waals surface area contributed by atoms with Crippen molar-refractivity contribution >= 4 is 17.7 Å². The highest BCUT2D eigenvalue weighted by Crippen LogP contribution is 2.36. The molecule has 1 amide bonds. The highest BCUT2D eigenvalue weighted by Gasteiger charge is 2.29. The summed E-state index contributed by atoms with van der Waals surface area (Å²) in [6.45, 7) is 4.17. The second-order valence-corrected chi connectivity index (χ2v) is 6.38. The molecule has 110 valence electrons. The van der Waals surface area contributed by atoms with E-state index in [1.807, 2.05) is 31.2 Å². The lowest BCUT2D eigenvalue weighted by molar-refractivity contribution is -0.120. The van der Waals surface area contributed by atoms with Crippen molar-refractivity contribution < 1.29 is 4.79 Å². The summed E-state index contributed by atoms with van der Waals surface area (Å²) in [6.07, 6.45) is 2.54. The summed E-state index contributed by atoms with van der Waals surface area (Å²) >= 11 is 1.59. The van der Waals surface area contributed by atoms with E-state index in [9.17, 15) is 10.1 Å². The van der Waals surface area contributed by atoms with E-state index in [0.717, 1.165) is 29.2 Å². The summed E-state index contributed by atoms with van der Waals surface area (Å²) in [5.41, 5.74) is 2.92. The summed E-state index contributed by atoms with van der Waals surface area (Å²) < 4.78 is 0. The number of hydrogen-bond acceptors (Lipinski definition) is 3. The van der Waals surface area contributed by atoms with Crippen molar-refractivity contribution in [3.05, 3.63) is 46.0 Å². The Bertz CT molecular complexity index is 584. The summed E-state index contributed by atoms with van der Waals surface area (Å²) in [6, 6.07) is 10.4. The van der Waals surface area contributed by atoms with Crippen molar-refractivity contribution in [2.45, 2.75) is 39.0 Å². The van der Waals surface area contributed by atoms with Gasteiger partial charge in [0.05, 0.1) is 16.7 Å². The summed E-state index contributed by atoms with van der Waals surface area (Å²) in [4.78, 5) is 12.0. The normalized spacial score (nSPS) is 18.3. The molecule has 4 heteroatoms. The van der Waals surface area contributed by atoms with Crippen LogP contribution in [0.2, 0.25) is 0 Å². The number of hydrogen-bond donors (Lipinski definition) is 1. The van der Waals surface area contributed by atoms with Crippen LogP contribution in [0.15, 0.2) is 34.9 Å². The zero-order chi connectivity index (χ0) is 15.2. The molecule has 0 radical (unpaired) electrons. The number of allylic oxidation sites excluding steroid dienone is 1. The minimum Gasteiger partial charge on any atom is -0.320 e. The molecule has 0 bridgehead atoms. The van der Waals surface area contributed by atoms with E-state index in [-0.39, 0.29) is 11.8 Å². The third kappa shape index (κ3) is 3.89. The highest BCUT2D eigenvalue weighted by atomic mass is 32.2. The van der Waals surface area contributed by atoms with Gasteiger partial charge in [0.25, 0.3) is 0 Å². The topological polar surface area (TPSA) is 52.9 Å². The van der Waals surface area contributed by atoms with Crippen molar-refractivity contribution in [3.8, 4) is 6.07 Å². The maximum absolute atomic E-state index is 12.0. The summed E-state index contributed by atoms with van der Waals surface area (Å²) in [7, 11) is 0. The fourth-order valence-corrected chi connectivity index (χ4v) is 3.50. The second-order valence-electron chi connectivity index (χ2n) is 5.27. The van der Waals surface area contributed by atoms with Gasteiger partial charge in [-0.2, -0.15) is 5.26 Å². The van der Waals surface area contributed by atoms with Gasteiger partial charge >= 0.3 is 0 Å². The molecule has 0 unspecified atom stereocenters. The van der Waals surface area contributed by atoms with E-state index >= 15 is 0 Å². The van der Waals surface area contributed by atoms with Gasteiger partial charge < -0.3 is 5.32 Å². The molecular formula is C17H20N2OS. The fourth-order valence-electron chi connectivity index (χ4n) is 2.34. The van der Waals surface area contributed by atoms with Crippen LogP contribution in [0.5, 0.6) is 0 Å². The summed E-state index contributed by atoms with van der Waals surface area (Å²) in [5, 5.41) is 13.1. The molecule has 0 aliphatic carbocycles. The minimum atomic E-state index is -0.117. The second kappa shape index (κ2) is 7.33. The lowest BCUT2D eigenvalue weighted by Gasteiger charge is -2.25. The fraction of sp³-hybridized carbons (Fsp3) is 0.412. The predicted octanol–water partition coefficient (Wildman–Crippen LogP) is 3.87. The van der Waals surface area contributed by atoms with Crippen LogP contribution in [0.4, 0.5) is 0 Å². The number of thioether (sulfide) groups is 1. The maximum Gasteiger partial charge on any atom is 0.225 e. The lowest BCUT2D eigenvalue weighted by atomic mass is 9.87. The third-order valence-electron chi connectivity index (χ3n) is 3.58. The zero-order valence-electron chi connectivity index (χ0n) is 12.5. The molecule has 1 aromatic rings. The van der Waals surface area contributed by atoms with Crippen LogP contribution in [-0.2, 0) is 4.79 Å². The SMILES string of the molecule is CCCCSC1=C(C#N)[C@@H](c2ccc(C)cc2)CC(=O)N1. The Morgan fingerprint density at radius 3 is 2.71 bits per heavy atom. The first-order chi connectivity index (χ1) is 10.2. The lowest BCUT2D eigenvalue weighted by Crippen LogP contribution is -2.30. The first-order valence-corrected chi connectivity index (χ1v) is 8.27. The quantitative estimate of drug-likeness (QED) is 0.840. The number of carbonyl (C=O) groups excluding carboxylic acids is 1. The average molecular weight is 300 g/mol. The number of unbranched alkanes of at least 4 members (excludes halogenated alkanes) is 1. The highest BCUT2D eigenvalue weighted by molar-refractivity contribution is 8.03. The van der Waals surface area contributed by atoms with Crippen LogP contribution in [0, 0.1) is 18.3 Å². The van der Waals surface area contributed by atoms with Crippen LogP contribution in [-0.4, -0.2) is 11.7 Å². The van der Waals surface area contributed by atoms with E-state index < -0.39 is 0 Å². The molecule has 1 heterocycles. The van der Waals surface area contributed by atoms with Gasteiger partial charge in [0.1, 0.15) is 0 Å². The molecule has 21 heavy (non-hydrogen) atoms. The number of aryl methyl sites for hydroxylation is 1. The van der Waals surface area contributed by atoms with Gasteiger partial charge in [0, 0.05) is 12.3 Å². The van der Waals surface area contributed by atoms with Crippen molar-refractivity contribution in [2.75, 3.05) is 5.75 Å². The zero-order valence-corrected chi connectivity index (χ0v) is 13.3. The number of amides is 1. The van der Waals surface area contributed by atoms with E-state index in [1.54, 1.807) is 11.8 Å². The molecule has 1 aliphatic heterocycles. The van der Waals surface area contributed by atoms with Crippen LogP contribution in [0.25, 0.3) is 0 Å². The van der Waals surface area contributed by atoms with E-state index in [1.165, 1.54) is 5.56 Å². The van der Waals surface area contributed by atoms with Crippen LogP contribution < -0.4 is 5.32 Å². The first-order valence-electron chi connectivity index (χ1n) is 7.29. The standard InChI is InChI=1S/C17H20N2OS/c1-3-4-9-21-17-15(11-18)14(10-16(20)19-17)13-7-5-12(2)6-8-13/h5-8,14H,3-4,9-10H2,1-2H3,(H,19,20)/t14-/m1/s1. The van der Waals surface area contributed by atoms with Gasteiger partial charge in [-0.15, -0.1) is 11.8 Å². The summed E-state index contributed by atoms with van der Waals surface area (Å²) in [5.74, 6) is 0.810. The minimum absolute atomic E-state index is 0.00132. The monoisotopic (exact) mass is 300 g/mol. The molecule has 0 fully saturated rings. The number of nitrogens with one attached hydrogen (secondary N) is 1. The Hall–Kier alpha value is -1.73. The largest absolute Gasteiger partial charge is 0.320 e. The molecule has 1 aliphatic rings. The molecule has 0 aromatic heterocycles. The van der Waals surface area contributed by atoms with Gasteiger partial charge in [-0.1, -0.05) is 43.2 Å². The van der Waals surface area contributed by atoms with Gasteiger partial charge in [0.2, 0.25) is 5.91 Å². The Morgan fingerprint density at radius 2 is 2.10 bits per heavy atom. The van der Waals surface area contributed by atoms with Crippen LogP contribution in [0.1, 0.15) is 43.2 Å². The number of benzene rings is 1. The van der Waals surface area contributed by atoms with Crippen molar-refractivity contribution in [2.24, 2.45) is 0 Å². The Kier molecular flexibility index (Phi) is 5.46. The van der Waals surface area contributed by atoms with Gasteiger partial charge in [-0.3, -0.25) is 4.79 Å².